The number of anilines is 1. The van der Waals surface area contributed by atoms with Crippen molar-refractivity contribution in [2.75, 3.05) is 5.32 Å². The molecule has 1 aromatic carbocycles. The molecule has 0 unspecified atom stereocenters. The van der Waals surface area contributed by atoms with Crippen molar-refractivity contribution in [3.8, 4) is 0 Å². The van der Waals surface area contributed by atoms with E-state index in [9.17, 15) is 4.79 Å². The third-order valence-electron chi connectivity index (χ3n) is 3.22. The van der Waals surface area contributed by atoms with E-state index in [2.05, 4.69) is 43.4 Å². The van der Waals surface area contributed by atoms with Gasteiger partial charge in [-0.15, -0.1) is 0 Å². The van der Waals surface area contributed by atoms with Gasteiger partial charge in [0.05, 0.1) is 11.9 Å². The van der Waals surface area contributed by atoms with Gasteiger partial charge in [0, 0.05) is 15.0 Å². The van der Waals surface area contributed by atoms with E-state index in [0.29, 0.717) is 5.69 Å². The van der Waals surface area contributed by atoms with Crippen LogP contribution in [0.1, 0.15) is 23.9 Å². The van der Waals surface area contributed by atoms with Gasteiger partial charge in [-0.05, 0) is 79.3 Å². The normalized spacial score (nSPS) is 12.2. The van der Waals surface area contributed by atoms with Crippen LogP contribution >= 0.6 is 22.6 Å². The molecule has 120 valence electrons. The molecule has 1 heterocycles. The highest BCUT2D eigenvalue weighted by Gasteiger charge is 2.11. The topological polar surface area (TPSA) is 66.4 Å². The number of pyridine rings is 1. The lowest BCUT2D eigenvalue weighted by atomic mass is 10.2. The summed E-state index contributed by atoms with van der Waals surface area (Å²) >= 11 is 2.28. The molecule has 2 aromatic rings. The van der Waals surface area contributed by atoms with Crippen molar-refractivity contribution in [3.05, 3.63) is 56.9 Å². The molecule has 1 atom stereocenters. The van der Waals surface area contributed by atoms with Gasteiger partial charge < -0.3 is 5.32 Å². The Balaban J connectivity index is 1.90. The highest BCUT2D eigenvalue weighted by atomic mass is 127. The second-order valence-corrected chi connectivity index (χ2v) is 6.43. The maximum atomic E-state index is 12.0. The number of carbonyl (C=O) groups excluding carboxylic acids is 1. The van der Waals surface area contributed by atoms with E-state index in [4.69, 9.17) is 0 Å². The van der Waals surface area contributed by atoms with Gasteiger partial charge in [-0.2, -0.15) is 5.10 Å². The number of carbonyl (C=O) groups is 1. The number of amides is 1. The minimum Gasteiger partial charge on any atom is -0.374 e. The first-order valence-corrected chi connectivity index (χ1v) is 8.33. The van der Waals surface area contributed by atoms with E-state index in [-0.39, 0.29) is 5.91 Å². The van der Waals surface area contributed by atoms with Crippen LogP contribution in [0.15, 0.2) is 41.5 Å². The first kappa shape index (κ1) is 17.4. The predicted molar refractivity (Wildman–Crippen MR) is 102 cm³/mol. The fourth-order valence-corrected chi connectivity index (χ4v) is 2.28. The first-order chi connectivity index (χ1) is 11.0. The van der Waals surface area contributed by atoms with E-state index < -0.39 is 6.04 Å². The quantitative estimate of drug-likeness (QED) is 0.442. The van der Waals surface area contributed by atoms with Crippen molar-refractivity contribution in [2.24, 2.45) is 5.10 Å². The van der Waals surface area contributed by atoms with Gasteiger partial charge in [0.1, 0.15) is 6.04 Å². The number of nitrogens with one attached hydrogen (secondary N) is 2. The van der Waals surface area contributed by atoms with Crippen LogP contribution in [0, 0.1) is 17.4 Å². The molecule has 0 bridgehead atoms. The molecule has 0 aliphatic rings. The summed E-state index contributed by atoms with van der Waals surface area (Å²) in [4.78, 5) is 16.3. The predicted octanol–water partition coefficient (Wildman–Crippen LogP) is 3.25. The molecule has 0 saturated carbocycles. The van der Waals surface area contributed by atoms with Crippen molar-refractivity contribution in [3.63, 3.8) is 0 Å². The summed E-state index contributed by atoms with van der Waals surface area (Å²) in [6.07, 6.45) is 1.53. The zero-order chi connectivity index (χ0) is 16.8. The number of halogens is 1. The van der Waals surface area contributed by atoms with Crippen LogP contribution in [0.2, 0.25) is 0 Å². The summed E-state index contributed by atoms with van der Waals surface area (Å²) in [6, 6.07) is 11.2. The standard InChI is InChI=1S/C17H19IN4O/c1-11-9-14(7-8-16(11)18)21-13(3)17(23)22-19-10-15-6-4-5-12(2)20-15/h4-10,13,21H,1-3H3,(H,22,23)/b19-10-/t13-/m1/s1. The molecule has 23 heavy (non-hydrogen) atoms. The smallest absolute Gasteiger partial charge is 0.262 e. The van der Waals surface area contributed by atoms with E-state index in [0.717, 1.165) is 11.4 Å². The molecule has 6 heteroatoms. The van der Waals surface area contributed by atoms with Crippen LogP contribution < -0.4 is 10.7 Å². The maximum Gasteiger partial charge on any atom is 0.262 e. The number of hydrogen-bond acceptors (Lipinski definition) is 4. The number of aryl methyl sites for hydroxylation is 2. The number of aromatic nitrogens is 1. The van der Waals surface area contributed by atoms with Crippen molar-refractivity contribution in [2.45, 2.75) is 26.8 Å². The molecule has 0 aliphatic heterocycles. The Hall–Kier alpha value is -1.96. The minimum atomic E-state index is -0.392. The van der Waals surface area contributed by atoms with E-state index in [1.807, 2.05) is 50.2 Å². The molecule has 1 amide bonds. The minimum absolute atomic E-state index is 0.204. The monoisotopic (exact) mass is 422 g/mol. The van der Waals surface area contributed by atoms with E-state index in [1.165, 1.54) is 15.3 Å². The van der Waals surface area contributed by atoms with Gasteiger partial charge >= 0.3 is 0 Å². The molecule has 0 spiro atoms. The molecule has 0 aliphatic carbocycles. The summed E-state index contributed by atoms with van der Waals surface area (Å²) in [5.41, 5.74) is 6.22. The van der Waals surface area contributed by atoms with Gasteiger partial charge in [-0.1, -0.05) is 6.07 Å². The van der Waals surface area contributed by atoms with Gasteiger partial charge in [-0.25, -0.2) is 5.43 Å². The van der Waals surface area contributed by atoms with Gasteiger partial charge in [0.15, 0.2) is 0 Å². The lowest BCUT2D eigenvalue weighted by Gasteiger charge is -2.14. The zero-order valence-electron chi connectivity index (χ0n) is 13.3. The van der Waals surface area contributed by atoms with Crippen LogP contribution in [0.3, 0.4) is 0 Å². The van der Waals surface area contributed by atoms with Crippen LogP contribution in [0.4, 0.5) is 5.69 Å². The first-order valence-electron chi connectivity index (χ1n) is 7.25. The average Bonchev–Trinajstić information content (AvgIpc) is 2.51. The molecule has 0 saturated heterocycles. The largest absolute Gasteiger partial charge is 0.374 e. The summed E-state index contributed by atoms with van der Waals surface area (Å²) in [5.74, 6) is -0.204. The molecule has 1 aromatic heterocycles. The third-order valence-corrected chi connectivity index (χ3v) is 4.43. The van der Waals surface area contributed by atoms with Crippen LogP contribution in [-0.2, 0) is 4.79 Å². The van der Waals surface area contributed by atoms with Gasteiger partial charge in [0.25, 0.3) is 5.91 Å². The summed E-state index contributed by atoms with van der Waals surface area (Å²) < 4.78 is 1.19. The second kappa shape index (κ2) is 8.05. The summed E-state index contributed by atoms with van der Waals surface area (Å²) in [7, 11) is 0. The third kappa shape index (κ3) is 5.31. The molecule has 0 fully saturated rings. The fourth-order valence-electron chi connectivity index (χ4n) is 1.94. The highest BCUT2D eigenvalue weighted by Crippen LogP contribution is 2.17. The molecular formula is C17H19IN4O. The van der Waals surface area contributed by atoms with E-state index in [1.54, 1.807) is 6.92 Å². The van der Waals surface area contributed by atoms with Crippen LogP contribution in [0.25, 0.3) is 0 Å². The number of hydrazone groups is 1. The maximum absolute atomic E-state index is 12.0. The average molecular weight is 422 g/mol. The van der Waals surface area contributed by atoms with Crippen molar-refractivity contribution in [1.29, 1.82) is 0 Å². The Kier molecular flexibility index (Phi) is 6.09. The molecular weight excluding hydrogens is 403 g/mol. The Morgan fingerprint density at radius 3 is 2.78 bits per heavy atom. The molecule has 0 radical (unpaired) electrons. The lowest BCUT2D eigenvalue weighted by Crippen LogP contribution is -2.34. The lowest BCUT2D eigenvalue weighted by molar-refractivity contribution is -0.121. The fraction of sp³-hybridized carbons (Fsp3) is 0.235. The van der Waals surface area contributed by atoms with Gasteiger partial charge in [0.2, 0.25) is 0 Å². The number of benzene rings is 1. The van der Waals surface area contributed by atoms with Crippen LogP contribution in [-0.4, -0.2) is 23.1 Å². The number of rotatable bonds is 5. The molecule has 2 rings (SSSR count). The Labute approximate surface area is 149 Å². The Morgan fingerprint density at radius 2 is 2.09 bits per heavy atom. The van der Waals surface area contributed by atoms with Crippen molar-refractivity contribution < 1.29 is 4.79 Å². The summed E-state index contributed by atoms with van der Waals surface area (Å²) in [6.45, 7) is 5.74. The zero-order valence-corrected chi connectivity index (χ0v) is 15.5. The molecule has 5 nitrogen and oxygen atoms in total. The van der Waals surface area contributed by atoms with Crippen molar-refractivity contribution >= 4 is 40.4 Å². The van der Waals surface area contributed by atoms with Crippen LogP contribution in [0.5, 0.6) is 0 Å². The highest BCUT2D eigenvalue weighted by molar-refractivity contribution is 14.1. The Morgan fingerprint density at radius 1 is 1.30 bits per heavy atom. The van der Waals surface area contributed by atoms with Crippen molar-refractivity contribution in [1.82, 2.24) is 10.4 Å². The van der Waals surface area contributed by atoms with E-state index >= 15 is 0 Å². The molecule has 2 N–H and O–H groups in total. The number of nitrogens with zero attached hydrogens (tertiary/aromatic N) is 2. The number of hydrogen-bond donors (Lipinski definition) is 2. The van der Waals surface area contributed by atoms with Gasteiger partial charge in [-0.3, -0.25) is 9.78 Å². The Bertz CT molecular complexity index is 730. The SMILES string of the molecule is Cc1cccc(/C=N\NC(=O)[C@@H](C)Nc2ccc(I)c(C)c2)n1. The summed E-state index contributed by atoms with van der Waals surface area (Å²) in [5, 5.41) is 7.11. The second-order valence-electron chi connectivity index (χ2n) is 5.27.